The summed E-state index contributed by atoms with van der Waals surface area (Å²) >= 11 is 3.38. The monoisotopic (exact) mass is 453 g/mol. The quantitative estimate of drug-likeness (QED) is 0.608. The van der Waals surface area contributed by atoms with Gasteiger partial charge in [0, 0.05) is 40.6 Å². The molecule has 1 N–H and O–H groups in total. The summed E-state index contributed by atoms with van der Waals surface area (Å²) in [6.45, 7) is 1.16. The molecule has 1 aliphatic rings. The summed E-state index contributed by atoms with van der Waals surface area (Å²) in [5.74, 6) is -0.896. The number of anilines is 1. The van der Waals surface area contributed by atoms with Gasteiger partial charge in [0.05, 0.1) is 16.8 Å². The maximum Gasteiger partial charge on any atom is 0.339 e. The van der Waals surface area contributed by atoms with Crippen LogP contribution in [0.15, 0.2) is 53.0 Å². The molecular formula is C22H20BrN3O3. The third kappa shape index (κ3) is 4.16. The molecule has 0 spiro atoms. The van der Waals surface area contributed by atoms with E-state index in [0.717, 1.165) is 39.6 Å². The lowest BCUT2D eigenvalue weighted by Crippen LogP contribution is -2.30. The molecule has 29 heavy (non-hydrogen) atoms. The predicted molar refractivity (Wildman–Crippen MR) is 115 cm³/mol. The second-order valence-corrected chi connectivity index (χ2v) is 7.88. The Bertz CT molecular complexity index is 1100. The molecule has 0 bridgehead atoms. The molecule has 7 heteroatoms. The number of aromatic nitrogens is 1. The number of ether oxygens (including phenoxy) is 1. The van der Waals surface area contributed by atoms with E-state index in [9.17, 15) is 9.59 Å². The van der Waals surface area contributed by atoms with E-state index in [0.29, 0.717) is 17.8 Å². The van der Waals surface area contributed by atoms with Gasteiger partial charge in [0.1, 0.15) is 0 Å². The van der Waals surface area contributed by atoms with Crippen LogP contribution in [-0.4, -0.2) is 42.0 Å². The topological polar surface area (TPSA) is 71.5 Å². The molecule has 148 valence electrons. The van der Waals surface area contributed by atoms with E-state index in [4.69, 9.17) is 9.72 Å². The van der Waals surface area contributed by atoms with Gasteiger partial charge in [-0.3, -0.25) is 9.78 Å². The first-order valence-electron chi connectivity index (χ1n) is 9.33. The minimum absolute atomic E-state index is 0.360. The van der Waals surface area contributed by atoms with E-state index in [2.05, 4.69) is 26.1 Å². The highest BCUT2D eigenvalue weighted by Crippen LogP contribution is 2.28. The molecule has 0 atom stereocenters. The number of carbonyl (C=O) groups is 2. The van der Waals surface area contributed by atoms with Gasteiger partial charge in [-0.2, -0.15) is 0 Å². The van der Waals surface area contributed by atoms with E-state index < -0.39 is 11.9 Å². The van der Waals surface area contributed by atoms with E-state index >= 15 is 0 Å². The SMILES string of the molecule is CN1CCc2nc3ccccc3c(C(=O)OCC(=O)Nc3ccccc3Br)c2C1. The van der Waals surface area contributed by atoms with E-state index in [1.807, 2.05) is 49.5 Å². The maximum atomic E-state index is 13.0. The molecule has 0 saturated heterocycles. The van der Waals surface area contributed by atoms with Gasteiger partial charge in [0.2, 0.25) is 0 Å². The number of para-hydroxylation sites is 2. The molecule has 0 unspecified atom stereocenters. The second kappa shape index (κ2) is 8.31. The van der Waals surface area contributed by atoms with Crippen molar-refractivity contribution in [3.05, 3.63) is 69.8 Å². The number of hydrogen-bond donors (Lipinski definition) is 1. The second-order valence-electron chi connectivity index (χ2n) is 7.02. The van der Waals surface area contributed by atoms with Gasteiger partial charge in [-0.1, -0.05) is 30.3 Å². The first-order valence-corrected chi connectivity index (χ1v) is 10.1. The highest BCUT2D eigenvalue weighted by atomic mass is 79.9. The van der Waals surface area contributed by atoms with Crippen molar-refractivity contribution >= 4 is 44.4 Å². The molecule has 0 fully saturated rings. The van der Waals surface area contributed by atoms with Gasteiger partial charge >= 0.3 is 5.97 Å². The van der Waals surface area contributed by atoms with Crippen molar-refractivity contribution in [2.24, 2.45) is 0 Å². The summed E-state index contributed by atoms with van der Waals surface area (Å²) in [4.78, 5) is 32.2. The Kier molecular flexibility index (Phi) is 5.60. The standard InChI is InChI=1S/C22H20BrN3O3/c1-26-11-10-18-15(12-26)21(14-6-2-4-8-17(14)24-18)22(28)29-13-20(27)25-19-9-5-3-7-16(19)23/h2-9H,10-13H2,1H3,(H,25,27). The Morgan fingerprint density at radius 3 is 2.76 bits per heavy atom. The van der Waals surface area contributed by atoms with Crippen LogP contribution in [0.3, 0.4) is 0 Å². The molecule has 4 rings (SSSR count). The van der Waals surface area contributed by atoms with Crippen LogP contribution in [0.25, 0.3) is 10.9 Å². The number of hydrogen-bond acceptors (Lipinski definition) is 5. The van der Waals surface area contributed by atoms with Gasteiger partial charge < -0.3 is 15.0 Å². The number of pyridine rings is 1. The zero-order valence-corrected chi connectivity index (χ0v) is 17.5. The molecule has 1 aliphatic heterocycles. The molecule has 0 radical (unpaired) electrons. The highest BCUT2D eigenvalue weighted by molar-refractivity contribution is 9.10. The molecule has 2 heterocycles. The summed E-state index contributed by atoms with van der Waals surface area (Å²) in [6.07, 6.45) is 0.777. The normalized spacial score (nSPS) is 13.7. The Hall–Kier alpha value is -2.77. The van der Waals surface area contributed by atoms with Crippen LogP contribution in [-0.2, 0) is 22.5 Å². The number of nitrogens with zero attached hydrogens (tertiary/aromatic N) is 2. The lowest BCUT2D eigenvalue weighted by molar-refractivity contribution is -0.119. The van der Waals surface area contributed by atoms with Crippen molar-refractivity contribution in [1.29, 1.82) is 0 Å². The number of halogens is 1. The Balaban J connectivity index is 1.57. The summed E-state index contributed by atoms with van der Waals surface area (Å²) in [5.41, 5.74) is 3.70. The Morgan fingerprint density at radius 1 is 1.17 bits per heavy atom. The largest absolute Gasteiger partial charge is 0.452 e. The average Bonchev–Trinajstić information content (AvgIpc) is 2.72. The Morgan fingerprint density at radius 2 is 1.93 bits per heavy atom. The predicted octanol–water partition coefficient (Wildman–Crippen LogP) is 3.78. The number of benzene rings is 2. The molecule has 0 aliphatic carbocycles. The Labute approximate surface area is 177 Å². The van der Waals surface area contributed by atoms with Gasteiger partial charge in [-0.05, 0) is 41.2 Å². The third-order valence-corrected chi connectivity index (χ3v) is 5.62. The van der Waals surface area contributed by atoms with Crippen molar-refractivity contribution < 1.29 is 14.3 Å². The van der Waals surface area contributed by atoms with Crippen LogP contribution in [0.2, 0.25) is 0 Å². The molecule has 6 nitrogen and oxygen atoms in total. The van der Waals surface area contributed by atoms with Gasteiger partial charge in [0.15, 0.2) is 6.61 Å². The fourth-order valence-electron chi connectivity index (χ4n) is 3.51. The lowest BCUT2D eigenvalue weighted by atomic mass is 9.96. The highest BCUT2D eigenvalue weighted by Gasteiger charge is 2.25. The van der Waals surface area contributed by atoms with Crippen molar-refractivity contribution in [2.45, 2.75) is 13.0 Å². The summed E-state index contributed by atoms with van der Waals surface area (Å²) in [5, 5.41) is 3.49. The molecular weight excluding hydrogens is 434 g/mol. The number of nitrogens with one attached hydrogen (secondary N) is 1. The zero-order valence-electron chi connectivity index (χ0n) is 15.9. The minimum Gasteiger partial charge on any atom is -0.452 e. The summed E-state index contributed by atoms with van der Waals surface area (Å²) in [7, 11) is 2.01. The molecule has 0 saturated carbocycles. The number of likely N-dealkylation sites (N-methyl/N-ethyl adjacent to an activating group) is 1. The summed E-state index contributed by atoms with van der Waals surface area (Å²) in [6, 6.07) is 14.8. The first-order chi connectivity index (χ1) is 14.0. The number of esters is 1. The molecule has 2 aromatic carbocycles. The van der Waals surface area contributed by atoms with E-state index in [-0.39, 0.29) is 6.61 Å². The smallest absolute Gasteiger partial charge is 0.339 e. The summed E-state index contributed by atoms with van der Waals surface area (Å²) < 4.78 is 6.16. The minimum atomic E-state index is -0.502. The number of fused-ring (bicyclic) bond motifs is 2. The number of carbonyl (C=O) groups excluding carboxylic acids is 2. The van der Waals surface area contributed by atoms with Crippen LogP contribution in [0.4, 0.5) is 5.69 Å². The molecule has 1 amide bonds. The fraction of sp³-hybridized carbons (Fsp3) is 0.227. The van der Waals surface area contributed by atoms with Crippen molar-refractivity contribution in [2.75, 3.05) is 25.5 Å². The first kappa shape index (κ1) is 19.5. The van der Waals surface area contributed by atoms with Crippen LogP contribution in [0.1, 0.15) is 21.6 Å². The van der Waals surface area contributed by atoms with Crippen LogP contribution in [0.5, 0.6) is 0 Å². The van der Waals surface area contributed by atoms with Crippen LogP contribution < -0.4 is 5.32 Å². The van der Waals surface area contributed by atoms with E-state index in [1.54, 1.807) is 6.07 Å². The van der Waals surface area contributed by atoms with Gasteiger partial charge in [0.25, 0.3) is 5.91 Å². The van der Waals surface area contributed by atoms with Crippen molar-refractivity contribution in [3.8, 4) is 0 Å². The van der Waals surface area contributed by atoms with E-state index in [1.165, 1.54) is 0 Å². The molecule has 1 aromatic heterocycles. The maximum absolute atomic E-state index is 13.0. The number of amides is 1. The fourth-order valence-corrected chi connectivity index (χ4v) is 3.89. The lowest BCUT2D eigenvalue weighted by Gasteiger charge is -2.26. The van der Waals surface area contributed by atoms with Crippen LogP contribution >= 0.6 is 15.9 Å². The average molecular weight is 454 g/mol. The van der Waals surface area contributed by atoms with Crippen molar-refractivity contribution in [3.63, 3.8) is 0 Å². The van der Waals surface area contributed by atoms with Crippen molar-refractivity contribution in [1.82, 2.24) is 9.88 Å². The van der Waals surface area contributed by atoms with Crippen LogP contribution in [0, 0.1) is 0 Å². The third-order valence-electron chi connectivity index (χ3n) is 4.92. The van der Waals surface area contributed by atoms with Gasteiger partial charge in [-0.15, -0.1) is 0 Å². The zero-order chi connectivity index (χ0) is 20.4. The number of rotatable bonds is 4. The molecule has 3 aromatic rings. The van der Waals surface area contributed by atoms with Gasteiger partial charge in [-0.25, -0.2) is 4.79 Å².